The molecule has 0 spiro atoms. The maximum atomic E-state index is 6.75. The van der Waals surface area contributed by atoms with Crippen molar-refractivity contribution in [2.24, 2.45) is 0 Å². The van der Waals surface area contributed by atoms with E-state index in [0.29, 0.717) is 0 Å². The van der Waals surface area contributed by atoms with Crippen LogP contribution in [0.3, 0.4) is 0 Å². The quantitative estimate of drug-likeness (QED) is 0.345. The molecule has 0 bridgehead atoms. The molecular weight excluding hydrogens is 98.9 g/mol. The van der Waals surface area contributed by atoms with Crippen molar-refractivity contribution in [3.63, 3.8) is 0 Å². The Kier molecular flexibility index (Phi) is 672. The summed E-state index contributed by atoms with van der Waals surface area (Å²) in [6.07, 6.45) is 0. The first-order valence-corrected chi connectivity index (χ1v) is 0.316. The van der Waals surface area contributed by atoms with Gasteiger partial charge >= 0.3 is 17.1 Å². The largest absolute Gasteiger partial charge is 2.00 e. The van der Waals surface area contributed by atoms with E-state index in [1.807, 2.05) is 0 Å². The van der Waals surface area contributed by atoms with Crippen molar-refractivity contribution in [3.8, 4) is 0 Å². The molecule has 0 aliphatic rings. The number of rotatable bonds is 0. The SMILES string of the molecule is [CH2-]O.[Mn+2].[OH-]. The number of hydrogen-bond acceptors (Lipinski definition) is 2. The van der Waals surface area contributed by atoms with Gasteiger partial charge in [0.1, 0.15) is 0 Å². The van der Waals surface area contributed by atoms with Gasteiger partial charge < -0.3 is 10.6 Å². The molecule has 27 valence electrons. The summed E-state index contributed by atoms with van der Waals surface area (Å²) in [7, 11) is 2.25. The Bertz CT molecular complexity index is 6.00. The number of hydrogen-bond donors (Lipinski definition) is 1. The van der Waals surface area contributed by atoms with Crippen LogP contribution in [0.5, 0.6) is 0 Å². The van der Waals surface area contributed by atoms with Crippen molar-refractivity contribution in [2.45, 2.75) is 0 Å². The van der Waals surface area contributed by atoms with Crippen LogP contribution in [0.4, 0.5) is 0 Å². The van der Waals surface area contributed by atoms with Crippen LogP contribution in [0.25, 0.3) is 0 Å². The average Bonchev–Trinajstić information content (AvgIpc) is 1.00. The van der Waals surface area contributed by atoms with Crippen molar-refractivity contribution in [3.05, 3.63) is 7.11 Å². The molecule has 0 atom stereocenters. The standard InChI is InChI=1S/CH3O.Mn.H2O/c1-2;;/h2H,1H2;;1H2/q-1;+2;/p-1. The molecule has 0 saturated heterocycles. The predicted octanol–water partition coefficient (Wildman–Crippen LogP) is -0.0288. The topological polar surface area (TPSA) is 50.2 Å². The van der Waals surface area contributed by atoms with Gasteiger partial charge in [-0.1, -0.05) is 0 Å². The van der Waals surface area contributed by atoms with Crippen LogP contribution < -0.4 is 0 Å². The van der Waals surface area contributed by atoms with E-state index in [9.17, 15) is 0 Å². The Balaban J connectivity index is -0.00000000500. The minimum absolute atomic E-state index is 0. The first kappa shape index (κ1) is 25.3. The van der Waals surface area contributed by atoms with Gasteiger partial charge in [-0.2, -0.15) is 0 Å². The third kappa shape index (κ3) is 26.2. The van der Waals surface area contributed by atoms with E-state index in [0.717, 1.165) is 0 Å². The minimum Gasteiger partial charge on any atom is -0.870 e. The zero-order chi connectivity index (χ0) is 2.00. The molecule has 0 amide bonds. The summed E-state index contributed by atoms with van der Waals surface area (Å²) in [6, 6.07) is 0. The van der Waals surface area contributed by atoms with E-state index in [2.05, 4.69) is 7.11 Å². The van der Waals surface area contributed by atoms with Gasteiger partial charge in [0.25, 0.3) is 0 Å². The molecule has 0 aliphatic heterocycles. The molecule has 4 heavy (non-hydrogen) atoms. The van der Waals surface area contributed by atoms with E-state index in [1.165, 1.54) is 0 Å². The molecule has 2 nitrogen and oxygen atoms in total. The van der Waals surface area contributed by atoms with Gasteiger partial charge in [-0.25, -0.2) is 7.11 Å². The average molecular weight is 103 g/mol. The van der Waals surface area contributed by atoms with Crippen LogP contribution >= 0.6 is 0 Å². The van der Waals surface area contributed by atoms with Gasteiger partial charge in [0, 0.05) is 0 Å². The van der Waals surface area contributed by atoms with E-state index in [-0.39, 0.29) is 22.5 Å². The van der Waals surface area contributed by atoms with Crippen LogP contribution in [-0.2, 0) is 17.1 Å². The maximum Gasteiger partial charge on any atom is 2.00 e. The molecule has 0 aromatic rings. The number of aliphatic hydroxyl groups is 1. The van der Waals surface area contributed by atoms with Crippen LogP contribution in [-0.4, -0.2) is 10.6 Å². The Hall–Kier alpha value is 0.439. The van der Waals surface area contributed by atoms with Crippen molar-refractivity contribution >= 4 is 0 Å². The fourth-order valence-corrected chi connectivity index (χ4v) is 0. The molecule has 0 fully saturated rings. The summed E-state index contributed by atoms with van der Waals surface area (Å²) in [6.45, 7) is 0. The molecule has 1 radical (unpaired) electrons. The van der Waals surface area contributed by atoms with E-state index in [4.69, 9.17) is 5.11 Å². The van der Waals surface area contributed by atoms with Crippen LogP contribution in [0.1, 0.15) is 0 Å². The second-order valence-corrected chi connectivity index (χ2v) is 0. The summed E-state index contributed by atoms with van der Waals surface area (Å²) < 4.78 is 0. The second-order valence-electron chi connectivity index (χ2n) is 0. The third-order valence-corrected chi connectivity index (χ3v) is 0. The third-order valence-electron chi connectivity index (χ3n) is 0. The molecule has 2 N–H and O–H groups in total. The van der Waals surface area contributed by atoms with Gasteiger partial charge in [0.05, 0.1) is 0 Å². The molecule has 0 rings (SSSR count). The first-order valence-electron chi connectivity index (χ1n) is 0.316. The van der Waals surface area contributed by atoms with Crippen molar-refractivity contribution in [1.29, 1.82) is 0 Å². The van der Waals surface area contributed by atoms with Crippen molar-refractivity contribution < 1.29 is 27.7 Å². The van der Waals surface area contributed by atoms with Gasteiger partial charge in [-0.3, -0.25) is 0 Å². The molecule has 3 heteroatoms. The normalized spacial score (nSPS) is 1.50. The Morgan fingerprint density at radius 1 is 1.25 bits per heavy atom. The fourth-order valence-electron chi connectivity index (χ4n) is 0. The molecule has 0 unspecified atom stereocenters. The van der Waals surface area contributed by atoms with Gasteiger partial charge in [-0.15, -0.1) is 0 Å². The molecule has 0 aromatic carbocycles. The Morgan fingerprint density at radius 3 is 1.25 bits per heavy atom. The van der Waals surface area contributed by atoms with Crippen molar-refractivity contribution in [2.75, 3.05) is 0 Å². The van der Waals surface area contributed by atoms with Gasteiger partial charge in [0.15, 0.2) is 0 Å². The molecule has 0 aliphatic carbocycles. The summed E-state index contributed by atoms with van der Waals surface area (Å²) >= 11 is 0. The summed E-state index contributed by atoms with van der Waals surface area (Å²) in [5, 5.41) is 6.75. The van der Waals surface area contributed by atoms with E-state index in [1.54, 1.807) is 0 Å². The Labute approximate surface area is 35.6 Å². The van der Waals surface area contributed by atoms with Crippen LogP contribution in [0.15, 0.2) is 0 Å². The van der Waals surface area contributed by atoms with Crippen molar-refractivity contribution in [1.82, 2.24) is 0 Å². The second kappa shape index (κ2) is 106. The maximum absolute atomic E-state index is 6.75. The molecule has 0 saturated carbocycles. The molecular formula is CH4MnO2. The van der Waals surface area contributed by atoms with Crippen LogP contribution in [0, 0.1) is 7.11 Å². The first-order chi connectivity index (χ1) is 1.00. The van der Waals surface area contributed by atoms with Crippen LogP contribution in [0.2, 0.25) is 0 Å². The predicted molar refractivity (Wildman–Crippen MR) is 9.23 cm³/mol. The summed E-state index contributed by atoms with van der Waals surface area (Å²) in [5.41, 5.74) is 0. The smallest absolute Gasteiger partial charge is 0.870 e. The van der Waals surface area contributed by atoms with E-state index >= 15 is 0 Å². The van der Waals surface area contributed by atoms with Gasteiger partial charge in [-0.05, 0) is 0 Å². The zero-order valence-corrected chi connectivity index (χ0v) is 3.16. The Morgan fingerprint density at radius 2 is 1.25 bits per heavy atom. The molecule has 0 heterocycles. The zero-order valence-electron chi connectivity index (χ0n) is 1.98. The summed E-state index contributed by atoms with van der Waals surface area (Å²) in [5.74, 6) is 0. The van der Waals surface area contributed by atoms with Gasteiger partial charge in [0.2, 0.25) is 0 Å². The minimum atomic E-state index is 0. The number of aliphatic hydroxyl groups excluding tert-OH is 1. The monoisotopic (exact) mass is 103 g/mol. The molecule has 0 aromatic heterocycles. The van der Waals surface area contributed by atoms with E-state index < -0.39 is 0 Å². The summed E-state index contributed by atoms with van der Waals surface area (Å²) in [4.78, 5) is 0. The fraction of sp³-hybridized carbons (Fsp3) is 0.